The minimum absolute atomic E-state index is 0.0844. The molecule has 53 heavy (non-hydrogen) atoms. The fourth-order valence-electron chi connectivity index (χ4n) is 4.63. The predicted molar refractivity (Wildman–Crippen MR) is 182 cm³/mol. The van der Waals surface area contributed by atoms with Crippen LogP contribution in [0.3, 0.4) is 0 Å². The molecule has 0 aliphatic heterocycles. The quantitative estimate of drug-likeness (QED) is 0.0444. The van der Waals surface area contributed by atoms with E-state index < -0.39 is 134 Å². The standard InChI is InChI=1S/C31H46N10O12/c32-14-26(47)37-17(5-9-22(33)43)27(48)38-18(6-10-23(34)44)28(49)39-19(7-11-24(35)45)29(50)40-20(8-12-25(36)46)30(51)41-21(31(52)53)13-15-1-3-16(42)4-2-15/h1-4,17-21,42H,5-14,32H2,(H2,33,43)(H2,34,44)(H2,35,45)(H2,36,46)(H,37,47)(H,38,48)(H,39,49)(H,40,50)(H,41,51)(H,52,53)/t17-,18-,19-,20-,21-/m0/s1. The van der Waals surface area contributed by atoms with Gasteiger partial charge in [0.05, 0.1) is 6.54 Å². The van der Waals surface area contributed by atoms with Gasteiger partial charge in [-0.15, -0.1) is 0 Å². The summed E-state index contributed by atoms with van der Waals surface area (Å²) in [6.07, 6.45) is -3.60. The van der Waals surface area contributed by atoms with E-state index in [1.165, 1.54) is 24.3 Å². The van der Waals surface area contributed by atoms with Gasteiger partial charge in [-0.05, 0) is 43.4 Å². The first-order valence-corrected chi connectivity index (χ1v) is 16.2. The van der Waals surface area contributed by atoms with Gasteiger partial charge in [-0.1, -0.05) is 12.1 Å². The summed E-state index contributed by atoms with van der Waals surface area (Å²) in [5, 5.41) is 30.7. The van der Waals surface area contributed by atoms with Gasteiger partial charge < -0.3 is 65.5 Å². The van der Waals surface area contributed by atoms with E-state index >= 15 is 0 Å². The first kappa shape index (κ1) is 44.7. The van der Waals surface area contributed by atoms with Crippen LogP contribution in [0.5, 0.6) is 5.75 Å². The van der Waals surface area contributed by atoms with Crippen molar-refractivity contribution in [3.63, 3.8) is 0 Å². The summed E-state index contributed by atoms with van der Waals surface area (Å²) in [6, 6.07) is -2.36. The SMILES string of the molecule is NCC(=O)N[C@@H](CCC(N)=O)C(=O)N[C@@H](CCC(N)=O)C(=O)N[C@@H](CCC(N)=O)C(=O)N[C@@H](CCC(N)=O)C(=O)N[C@@H](Cc1ccc(O)cc1)C(=O)O. The maximum Gasteiger partial charge on any atom is 0.326 e. The molecule has 0 bridgehead atoms. The Labute approximate surface area is 302 Å². The monoisotopic (exact) mass is 750 g/mol. The van der Waals surface area contributed by atoms with Gasteiger partial charge in [0.1, 0.15) is 36.0 Å². The lowest BCUT2D eigenvalue weighted by atomic mass is 10.0. The molecule has 0 spiro atoms. The second-order valence-electron chi connectivity index (χ2n) is 11.8. The molecule has 292 valence electrons. The Morgan fingerprint density at radius 1 is 0.509 bits per heavy atom. The molecule has 0 heterocycles. The lowest BCUT2D eigenvalue weighted by Gasteiger charge is -2.27. The summed E-state index contributed by atoms with van der Waals surface area (Å²) >= 11 is 0. The van der Waals surface area contributed by atoms with Crippen LogP contribution in [-0.2, 0) is 54.4 Å². The molecule has 1 aromatic rings. The smallest absolute Gasteiger partial charge is 0.326 e. The molecule has 22 nitrogen and oxygen atoms in total. The van der Waals surface area contributed by atoms with Crippen LogP contribution >= 0.6 is 0 Å². The molecule has 5 atom stereocenters. The van der Waals surface area contributed by atoms with Crippen LogP contribution in [0.25, 0.3) is 0 Å². The Kier molecular flexibility index (Phi) is 19.0. The average molecular weight is 751 g/mol. The molecule has 1 rings (SSSR count). The maximum absolute atomic E-state index is 13.5. The van der Waals surface area contributed by atoms with Gasteiger partial charge in [0.2, 0.25) is 53.2 Å². The molecule has 0 aliphatic rings. The Hall–Kier alpha value is -6.32. The molecule has 0 radical (unpaired) electrons. The zero-order valence-corrected chi connectivity index (χ0v) is 28.6. The van der Waals surface area contributed by atoms with Crippen LogP contribution in [0.15, 0.2) is 24.3 Å². The maximum atomic E-state index is 13.5. The summed E-state index contributed by atoms with van der Waals surface area (Å²) in [5.41, 5.74) is 26.6. The number of amides is 9. The molecule has 9 amide bonds. The molecule has 22 heteroatoms. The minimum Gasteiger partial charge on any atom is -0.508 e. The largest absolute Gasteiger partial charge is 0.508 e. The van der Waals surface area contributed by atoms with Crippen molar-refractivity contribution in [1.82, 2.24) is 26.6 Å². The van der Waals surface area contributed by atoms with Gasteiger partial charge in [-0.25, -0.2) is 4.79 Å². The highest BCUT2D eigenvalue weighted by Crippen LogP contribution is 2.12. The number of phenols is 1. The number of nitrogens with one attached hydrogen (secondary N) is 5. The van der Waals surface area contributed by atoms with Crippen molar-refractivity contribution in [1.29, 1.82) is 0 Å². The van der Waals surface area contributed by atoms with E-state index in [4.69, 9.17) is 28.7 Å². The second-order valence-corrected chi connectivity index (χ2v) is 11.8. The van der Waals surface area contributed by atoms with Gasteiger partial charge in [0, 0.05) is 32.1 Å². The number of rotatable bonds is 25. The summed E-state index contributed by atoms with van der Waals surface area (Å²) in [6.45, 7) is -0.531. The Morgan fingerprint density at radius 2 is 0.811 bits per heavy atom. The topological polar surface area (TPSA) is 401 Å². The van der Waals surface area contributed by atoms with Crippen LogP contribution in [-0.4, -0.2) is 106 Å². The van der Waals surface area contributed by atoms with Gasteiger partial charge in [0.15, 0.2) is 0 Å². The van der Waals surface area contributed by atoms with E-state index in [-0.39, 0.29) is 25.0 Å². The molecular weight excluding hydrogens is 704 g/mol. The number of benzene rings is 1. The summed E-state index contributed by atoms with van der Waals surface area (Å²) < 4.78 is 0. The first-order chi connectivity index (χ1) is 24.8. The van der Waals surface area contributed by atoms with E-state index in [1.54, 1.807) is 0 Å². The molecule has 0 unspecified atom stereocenters. The van der Waals surface area contributed by atoms with Crippen molar-refractivity contribution in [3.05, 3.63) is 29.8 Å². The van der Waals surface area contributed by atoms with Gasteiger partial charge >= 0.3 is 5.97 Å². The van der Waals surface area contributed by atoms with Crippen molar-refractivity contribution < 1.29 is 58.2 Å². The van der Waals surface area contributed by atoms with E-state index in [2.05, 4.69) is 26.6 Å². The van der Waals surface area contributed by atoms with Crippen molar-refractivity contribution in [2.75, 3.05) is 6.54 Å². The number of hydrogen-bond acceptors (Lipinski definition) is 12. The number of carbonyl (C=O) groups is 10. The molecule has 0 saturated carbocycles. The molecule has 0 aliphatic carbocycles. The Morgan fingerprint density at radius 3 is 1.09 bits per heavy atom. The van der Waals surface area contributed by atoms with E-state index in [0.717, 1.165) is 0 Å². The fourth-order valence-corrected chi connectivity index (χ4v) is 4.63. The number of aliphatic carboxylic acids is 1. The highest BCUT2D eigenvalue weighted by atomic mass is 16.4. The highest BCUT2D eigenvalue weighted by molar-refractivity contribution is 5.97. The summed E-state index contributed by atoms with van der Waals surface area (Å²) in [5.74, 6) is -10.1. The minimum atomic E-state index is -1.65. The van der Waals surface area contributed by atoms with Crippen LogP contribution in [0.2, 0.25) is 0 Å². The molecule has 0 saturated heterocycles. The number of primary amides is 4. The van der Waals surface area contributed by atoms with E-state index in [0.29, 0.717) is 5.56 Å². The third-order valence-electron chi connectivity index (χ3n) is 7.44. The zero-order chi connectivity index (χ0) is 40.2. The summed E-state index contributed by atoms with van der Waals surface area (Å²) in [7, 11) is 0. The van der Waals surface area contributed by atoms with Crippen LogP contribution in [0, 0.1) is 0 Å². The molecule has 1 aromatic carbocycles. The van der Waals surface area contributed by atoms with Crippen molar-refractivity contribution in [3.8, 4) is 5.75 Å². The number of carbonyl (C=O) groups excluding carboxylic acids is 9. The number of nitrogens with two attached hydrogens (primary N) is 5. The second kappa shape index (κ2) is 22.5. The zero-order valence-electron chi connectivity index (χ0n) is 28.6. The Balaban J connectivity index is 3.33. The third-order valence-corrected chi connectivity index (χ3v) is 7.44. The highest BCUT2D eigenvalue weighted by Gasteiger charge is 2.33. The number of phenolic OH excluding ortho intramolecular Hbond substituents is 1. The average Bonchev–Trinajstić information content (AvgIpc) is 3.08. The molecule has 0 aromatic heterocycles. The van der Waals surface area contributed by atoms with Crippen LogP contribution < -0.4 is 55.3 Å². The predicted octanol–water partition coefficient (Wildman–Crippen LogP) is -5.54. The number of carboxylic acids is 1. The van der Waals surface area contributed by atoms with Crippen molar-refractivity contribution >= 4 is 59.1 Å². The van der Waals surface area contributed by atoms with E-state index in [9.17, 15) is 58.2 Å². The number of aromatic hydroxyl groups is 1. The van der Waals surface area contributed by atoms with Gasteiger partial charge in [-0.2, -0.15) is 0 Å². The lowest BCUT2D eigenvalue weighted by Crippen LogP contribution is -2.59. The van der Waals surface area contributed by atoms with Gasteiger partial charge in [0.25, 0.3) is 0 Å². The van der Waals surface area contributed by atoms with Crippen molar-refractivity contribution in [2.45, 2.75) is 88.0 Å². The lowest BCUT2D eigenvalue weighted by molar-refractivity contribution is -0.142. The van der Waals surface area contributed by atoms with Crippen LogP contribution in [0.1, 0.15) is 56.9 Å². The first-order valence-electron chi connectivity index (χ1n) is 16.2. The third kappa shape index (κ3) is 18.0. The summed E-state index contributed by atoms with van der Waals surface area (Å²) in [4.78, 5) is 123. The fraction of sp³-hybridized carbons (Fsp3) is 0.484. The Bertz CT molecular complexity index is 1520. The normalized spacial score (nSPS) is 13.5. The number of hydrogen-bond donors (Lipinski definition) is 12. The number of carboxylic acid groups (broad SMARTS) is 1. The molecular formula is C31H46N10O12. The van der Waals surface area contributed by atoms with Crippen molar-refractivity contribution in [2.24, 2.45) is 28.7 Å². The molecule has 17 N–H and O–H groups in total. The van der Waals surface area contributed by atoms with Gasteiger partial charge in [-0.3, -0.25) is 43.2 Å². The van der Waals surface area contributed by atoms with Crippen LogP contribution in [0.4, 0.5) is 0 Å². The molecule has 0 fully saturated rings. The van der Waals surface area contributed by atoms with E-state index in [1.807, 2.05) is 0 Å².